The van der Waals surface area contributed by atoms with Gasteiger partial charge in [-0.3, -0.25) is 4.79 Å². The summed E-state index contributed by atoms with van der Waals surface area (Å²) in [5, 5.41) is 9.55. The summed E-state index contributed by atoms with van der Waals surface area (Å²) in [6.07, 6.45) is -6.00. The van der Waals surface area contributed by atoms with E-state index in [0.717, 1.165) is 4.57 Å². The van der Waals surface area contributed by atoms with Gasteiger partial charge in [-0.2, -0.15) is 13.2 Å². The molecule has 2 amide bonds. The van der Waals surface area contributed by atoms with Crippen molar-refractivity contribution >= 4 is 22.9 Å². The van der Waals surface area contributed by atoms with E-state index in [2.05, 4.69) is 0 Å². The second-order valence-electron chi connectivity index (χ2n) is 7.89. The summed E-state index contributed by atoms with van der Waals surface area (Å²) in [6, 6.07) is 6.01. The number of alkyl halides is 3. The standard InChI is InChI=1S/C21H24F3N3O6/c22-21(23,24)13-27-17-2-1-15(33-12-16-11-26(20(29)30)5-8-32-16)9-14(17)10-18(27)19(28)25-3-6-31-7-4-25/h1-2,9-10,16H,3-8,11-13H2,(H,29,30). The lowest BCUT2D eigenvalue weighted by Gasteiger charge is -2.30. The number of rotatable bonds is 5. The molecule has 0 aliphatic carbocycles. The Morgan fingerprint density at radius 1 is 1.09 bits per heavy atom. The second-order valence-corrected chi connectivity index (χ2v) is 7.89. The van der Waals surface area contributed by atoms with Crippen molar-refractivity contribution in [1.29, 1.82) is 0 Å². The summed E-state index contributed by atoms with van der Waals surface area (Å²) in [7, 11) is 0. The van der Waals surface area contributed by atoms with Gasteiger partial charge in [0.1, 0.15) is 30.7 Å². The Balaban J connectivity index is 1.55. The minimum atomic E-state index is -4.50. The van der Waals surface area contributed by atoms with Gasteiger partial charge < -0.3 is 33.7 Å². The van der Waals surface area contributed by atoms with Crippen LogP contribution in [0.4, 0.5) is 18.0 Å². The lowest BCUT2D eigenvalue weighted by atomic mass is 10.2. The average molecular weight is 471 g/mol. The van der Waals surface area contributed by atoms with E-state index in [0.29, 0.717) is 37.4 Å². The molecule has 12 heteroatoms. The van der Waals surface area contributed by atoms with E-state index in [1.54, 1.807) is 6.07 Å². The summed E-state index contributed by atoms with van der Waals surface area (Å²) in [5.41, 5.74) is 0.219. The number of fused-ring (bicyclic) bond motifs is 1. The number of aromatic nitrogens is 1. The molecule has 2 aliphatic rings. The molecule has 1 atom stereocenters. The lowest BCUT2D eigenvalue weighted by Crippen LogP contribution is -2.47. The van der Waals surface area contributed by atoms with Gasteiger partial charge in [-0.1, -0.05) is 0 Å². The number of benzene rings is 1. The van der Waals surface area contributed by atoms with Gasteiger partial charge in [0, 0.05) is 30.5 Å². The number of hydrogen-bond donors (Lipinski definition) is 1. The number of nitrogens with zero attached hydrogens (tertiary/aromatic N) is 3. The van der Waals surface area contributed by atoms with Crippen molar-refractivity contribution in [2.75, 3.05) is 52.6 Å². The zero-order valence-corrected chi connectivity index (χ0v) is 17.7. The third kappa shape index (κ3) is 5.50. The smallest absolute Gasteiger partial charge is 0.407 e. The van der Waals surface area contributed by atoms with Crippen LogP contribution in [-0.4, -0.2) is 96.4 Å². The van der Waals surface area contributed by atoms with Gasteiger partial charge in [0.2, 0.25) is 0 Å². The van der Waals surface area contributed by atoms with Crippen LogP contribution in [0, 0.1) is 0 Å². The van der Waals surface area contributed by atoms with Crippen LogP contribution in [0.3, 0.4) is 0 Å². The minimum Gasteiger partial charge on any atom is -0.491 e. The van der Waals surface area contributed by atoms with Crippen LogP contribution >= 0.6 is 0 Å². The van der Waals surface area contributed by atoms with Crippen molar-refractivity contribution in [1.82, 2.24) is 14.4 Å². The molecular formula is C21H24F3N3O6. The molecule has 2 fully saturated rings. The third-order valence-corrected chi connectivity index (χ3v) is 5.57. The lowest BCUT2D eigenvalue weighted by molar-refractivity contribution is -0.140. The molecule has 0 saturated carbocycles. The molecule has 0 spiro atoms. The normalized spacial score (nSPS) is 19.7. The van der Waals surface area contributed by atoms with Gasteiger partial charge >= 0.3 is 12.3 Å². The van der Waals surface area contributed by atoms with Crippen LogP contribution in [0.25, 0.3) is 10.9 Å². The number of carbonyl (C=O) groups is 2. The molecule has 0 bridgehead atoms. The van der Waals surface area contributed by atoms with Crippen molar-refractivity contribution < 1.29 is 42.1 Å². The highest BCUT2D eigenvalue weighted by Gasteiger charge is 2.32. The van der Waals surface area contributed by atoms with Crippen LogP contribution in [0.15, 0.2) is 24.3 Å². The monoisotopic (exact) mass is 471 g/mol. The van der Waals surface area contributed by atoms with E-state index in [4.69, 9.17) is 19.3 Å². The Hall–Kier alpha value is -2.99. The maximum Gasteiger partial charge on any atom is 0.407 e. The van der Waals surface area contributed by atoms with Crippen molar-refractivity contribution in [2.45, 2.75) is 18.8 Å². The maximum absolute atomic E-state index is 13.3. The minimum absolute atomic E-state index is 0.0471. The zero-order valence-electron chi connectivity index (χ0n) is 17.7. The van der Waals surface area contributed by atoms with Gasteiger partial charge in [-0.25, -0.2) is 4.79 Å². The number of carboxylic acid groups (broad SMARTS) is 1. The maximum atomic E-state index is 13.3. The van der Waals surface area contributed by atoms with Gasteiger partial charge in [0.15, 0.2) is 0 Å². The SMILES string of the molecule is O=C(O)N1CCOC(COc2ccc3c(c2)cc(C(=O)N2CCOCC2)n3CC(F)(F)F)C1. The Morgan fingerprint density at radius 3 is 2.52 bits per heavy atom. The molecule has 1 unspecified atom stereocenters. The van der Waals surface area contributed by atoms with Crippen LogP contribution in [0.2, 0.25) is 0 Å². The molecule has 3 heterocycles. The highest BCUT2D eigenvalue weighted by molar-refractivity contribution is 5.99. The van der Waals surface area contributed by atoms with Crippen molar-refractivity contribution in [3.05, 3.63) is 30.0 Å². The molecule has 1 aromatic carbocycles. The number of morpholine rings is 2. The first-order valence-corrected chi connectivity index (χ1v) is 10.5. The summed E-state index contributed by atoms with van der Waals surface area (Å²) in [6.45, 7) is 0.804. The quantitative estimate of drug-likeness (QED) is 0.720. The fraction of sp³-hybridized carbons (Fsp3) is 0.524. The topological polar surface area (TPSA) is 93.5 Å². The molecule has 0 radical (unpaired) electrons. The Bertz CT molecular complexity index is 1020. The first-order valence-electron chi connectivity index (χ1n) is 10.5. The Labute approximate surface area is 187 Å². The van der Waals surface area contributed by atoms with Crippen molar-refractivity contribution in [3.8, 4) is 5.75 Å². The molecule has 9 nitrogen and oxygen atoms in total. The number of amides is 2. The highest BCUT2D eigenvalue weighted by atomic mass is 19.4. The largest absolute Gasteiger partial charge is 0.491 e. The van der Waals surface area contributed by atoms with Crippen LogP contribution in [-0.2, 0) is 16.0 Å². The fourth-order valence-electron chi connectivity index (χ4n) is 3.98. The molecule has 2 aromatic rings. The zero-order chi connectivity index (χ0) is 23.6. The van der Waals surface area contributed by atoms with Crippen molar-refractivity contribution in [2.24, 2.45) is 0 Å². The van der Waals surface area contributed by atoms with Crippen LogP contribution < -0.4 is 4.74 Å². The van der Waals surface area contributed by atoms with E-state index in [-0.39, 0.29) is 37.5 Å². The van der Waals surface area contributed by atoms with Gasteiger partial charge in [0.25, 0.3) is 5.91 Å². The summed E-state index contributed by atoms with van der Waals surface area (Å²) >= 11 is 0. The second kappa shape index (κ2) is 9.48. The molecular weight excluding hydrogens is 447 g/mol. The number of halogens is 3. The van der Waals surface area contributed by atoms with Crippen LogP contribution in [0.1, 0.15) is 10.5 Å². The summed E-state index contributed by atoms with van der Waals surface area (Å²) < 4.78 is 57.3. The fourth-order valence-corrected chi connectivity index (χ4v) is 3.98. The Kier molecular flexibility index (Phi) is 6.66. The molecule has 1 aromatic heterocycles. The highest BCUT2D eigenvalue weighted by Crippen LogP contribution is 2.29. The molecule has 1 N–H and O–H groups in total. The van der Waals surface area contributed by atoms with Gasteiger partial charge in [-0.15, -0.1) is 0 Å². The number of carbonyl (C=O) groups excluding carboxylic acids is 1. The first-order chi connectivity index (χ1) is 15.7. The molecule has 4 rings (SSSR count). The third-order valence-electron chi connectivity index (χ3n) is 5.57. The van der Waals surface area contributed by atoms with E-state index >= 15 is 0 Å². The predicted molar refractivity (Wildman–Crippen MR) is 110 cm³/mol. The predicted octanol–water partition coefficient (Wildman–Crippen LogP) is 2.43. The Morgan fingerprint density at radius 2 is 1.82 bits per heavy atom. The number of ether oxygens (including phenoxy) is 3. The summed E-state index contributed by atoms with van der Waals surface area (Å²) in [5.74, 6) is -0.0985. The van der Waals surface area contributed by atoms with E-state index in [1.807, 2.05) is 0 Å². The van der Waals surface area contributed by atoms with E-state index in [1.165, 1.54) is 28.0 Å². The average Bonchev–Trinajstić information content (AvgIpc) is 3.14. The molecule has 2 aliphatic heterocycles. The first kappa shape index (κ1) is 23.2. The molecule has 2 saturated heterocycles. The molecule has 33 heavy (non-hydrogen) atoms. The van der Waals surface area contributed by atoms with Crippen molar-refractivity contribution in [3.63, 3.8) is 0 Å². The van der Waals surface area contributed by atoms with Crippen LogP contribution in [0.5, 0.6) is 5.75 Å². The summed E-state index contributed by atoms with van der Waals surface area (Å²) in [4.78, 5) is 26.8. The van der Waals surface area contributed by atoms with Gasteiger partial charge in [0.05, 0.1) is 26.4 Å². The molecule has 180 valence electrons. The van der Waals surface area contributed by atoms with Gasteiger partial charge in [-0.05, 0) is 24.3 Å². The van der Waals surface area contributed by atoms with E-state index < -0.39 is 30.8 Å². The number of hydrogen-bond acceptors (Lipinski definition) is 5. The van der Waals surface area contributed by atoms with E-state index in [9.17, 15) is 22.8 Å².